The number of anilines is 1. The van der Waals surface area contributed by atoms with Crippen molar-refractivity contribution in [1.82, 2.24) is 14.6 Å². The van der Waals surface area contributed by atoms with Crippen LogP contribution in [0, 0.1) is 18.6 Å². The van der Waals surface area contributed by atoms with E-state index in [1.54, 1.807) is 61.5 Å². The fourth-order valence-corrected chi connectivity index (χ4v) is 5.66. The normalized spacial score (nSPS) is 11.1. The molecule has 2 N–H and O–H groups in total. The van der Waals surface area contributed by atoms with E-state index < -0.39 is 35.5 Å². The van der Waals surface area contributed by atoms with E-state index in [0.29, 0.717) is 26.6 Å². The number of hydrogen-bond donors (Lipinski definition) is 2. The molecule has 0 atom stereocenters. The van der Waals surface area contributed by atoms with Crippen molar-refractivity contribution in [2.75, 3.05) is 12.4 Å². The maximum Gasteiger partial charge on any atom is 0.343 e. The summed E-state index contributed by atoms with van der Waals surface area (Å²) in [7, 11) is 1.32. The maximum absolute atomic E-state index is 14.6. The summed E-state index contributed by atoms with van der Waals surface area (Å²) in [5.41, 5.74) is 2.84. The van der Waals surface area contributed by atoms with Gasteiger partial charge >= 0.3 is 11.7 Å². The molecule has 5 aromatic rings. The van der Waals surface area contributed by atoms with Crippen molar-refractivity contribution in [3.8, 4) is 16.1 Å². The summed E-state index contributed by atoms with van der Waals surface area (Å²) >= 11 is 1.18. The zero-order valence-corrected chi connectivity index (χ0v) is 21.6. The first-order valence-electron chi connectivity index (χ1n) is 11.8. The number of nitrogens with zero attached hydrogens (tertiary/aromatic N) is 2. The number of urea groups is 1. The minimum Gasteiger partial charge on any atom is -0.306 e. The Kier molecular flexibility index (Phi) is 7.09. The van der Waals surface area contributed by atoms with Gasteiger partial charge in [-0.1, -0.05) is 36.4 Å². The van der Waals surface area contributed by atoms with Gasteiger partial charge < -0.3 is 5.32 Å². The second kappa shape index (κ2) is 10.6. The van der Waals surface area contributed by atoms with Crippen molar-refractivity contribution in [2.45, 2.75) is 13.5 Å². The Morgan fingerprint density at radius 3 is 2.26 bits per heavy atom. The van der Waals surface area contributed by atoms with E-state index >= 15 is 0 Å². The molecule has 0 aliphatic heterocycles. The zero-order valence-electron chi connectivity index (χ0n) is 20.8. The van der Waals surface area contributed by atoms with Gasteiger partial charge in [0, 0.05) is 16.1 Å². The number of hydrogen-bond acceptors (Lipinski definition) is 5. The number of rotatable bonds is 6. The molecule has 0 saturated heterocycles. The van der Waals surface area contributed by atoms with Crippen molar-refractivity contribution < 1.29 is 18.4 Å². The van der Waals surface area contributed by atoms with Gasteiger partial charge in [-0.15, -0.1) is 11.3 Å². The molecule has 2 amide bonds. The fourth-order valence-electron chi connectivity index (χ4n) is 4.36. The quantitative estimate of drug-likeness (QED) is 0.285. The number of aromatic nitrogens is 2. The first kappa shape index (κ1) is 26.0. The number of nitrogens with one attached hydrogen (secondary N) is 2. The van der Waals surface area contributed by atoms with Crippen LogP contribution in [0.2, 0.25) is 0 Å². The lowest BCUT2D eigenvalue weighted by molar-refractivity contribution is 0.114. The molecular weight excluding hydrogens is 526 g/mol. The van der Waals surface area contributed by atoms with Gasteiger partial charge in [0.25, 0.3) is 5.56 Å². The third kappa shape index (κ3) is 4.85. The number of carbonyl (C=O) groups excluding carboxylic acids is 1. The number of thiophene rings is 1. The van der Waals surface area contributed by atoms with Crippen LogP contribution in [0.4, 0.5) is 19.3 Å². The molecule has 39 heavy (non-hydrogen) atoms. The summed E-state index contributed by atoms with van der Waals surface area (Å²) in [6.07, 6.45) is 0. The maximum atomic E-state index is 14.6. The first-order valence-corrected chi connectivity index (χ1v) is 12.6. The Morgan fingerprint density at radius 2 is 1.62 bits per heavy atom. The van der Waals surface area contributed by atoms with Crippen LogP contribution in [0.15, 0.2) is 82.4 Å². The van der Waals surface area contributed by atoms with Gasteiger partial charge in [-0.25, -0.2) is 28.4 Å². The largest absolute Gasteiger partial charge is 0.343 e. The highest BCUT2D eigenvalue weighted by Crippen LogP contribution is 2.37. The molecule has 8 nitrogen and oxygen atoms in total. The molecule has 0 spiro atoms. The number of halogens is 2. The minimum absolute atomic E-state index is 0.275. The smallest absolute Gasteiger partial charge is 0.306 e. The number of benzene rings is 3. The third-order valence-corrected chi connectivity index (χ3v) is 7.57. The Labute approximate surface area is 224 Å². The highest BCUT2D eigenvalue weighted by Gasteiger charge is 2.23. The van der Waals surface area contributed by atoms with Crippen LogP contribution in [0.1, 0.15) is 11.1 Å². The number of amides is 2. The Morgan fingerprint density at radius 1 is 0.949 bits per heavy atom. The molecule has 2 heterocycles. The summed E-state index contributed by atoms with van der Waals surface area (Å²) in [5, 5.41) is 2.89. The van der Waals surface area contributed by atoms with E-state index in [1.165, 1.54) is 29.1 Å². The number of para-hydroxylation sites is 1. The van der Waals surface area contributed by atoms with Gasteiger partial charge in [0.1, 0.15) is 16.5 Å². The van der Waals surface area contributed by atoms with Crippen LogP contribution < -0.4 is 22.0 Å². The lowest BCUT2D eigenvalue weighted by atomic mass is 10.1. The van der Waals surface area contributed by atoms with Gasteiger partial charge in [-0.2, -0.15) is 0 Å². The number of carbonyl (C=O) groups is 1. The molecule has 0 unspecified atom stereocenters. The summed E-state index contributed by atoms with van der Waals surface area (Å²) < 4.78 is 31.5. The van der Waals surface area contributed by atoms with Crippen molar-refractivity contribution >= 4 is 33.3 Å². The highest BCUT2D eigenvalue weighted by atomic mass is 32.1. The van der Waals surface area contributed by atoms with Gasteiger partial charge in [-0.3, -0.25) is 14.2 Å². The molecule has 0 aliphatic rings. The van der Waals surface area contributed by atoms with E-state index in [2.05, 4.69) is 15.6 Å². The second-order valence-electron chi connectivity index (χ2n) is 8.62. The lowest BCUT2D eigenvalue weighted by Crippen LogP contribution is -2.39. The molecule has 0 fully saturated rings. The molecule has 3 aromatic carbocycles. The number of aryl methyl sites for hydroxylation is 1. The van der Waals surface area contributed by atoms with Gasteiger partial charge in [0.05, 0.1) is 24.7 Å². The van der Waals surface area contributed by atoms with E-state index in [4.69, 9.17) is 0 Å². The Hall–Kier alpha value is -4.61. The average Bonchev–Trinajstić information content (AvgIpc) is 3.26. The van der Waals surface area contributed by atoms with Crippen molar-refractivity contribution in [1.29, 1.82) is 0 Å². The van der Waals surface area contributed by atoms with Crippen molar-refractivity contribution in [3.05, 3.63) is 116 Å². The average molecular weight is 549 g/mol. The third-order valence-electron chi connectivity index (χ3n) is 6.20. The van der Waals surface area contributed by atoms with E-state index in [1.807, 2.05) is 0 Å². The number of fused-ring (bicyclic) bond motifs is 1. The molecule has 0 bridgehead atoms. The van der Waals surface area contributed by atoms with E-state index in [9.17, 15) is 23.2 Å². The molecule has 198 valence electrons. The second-order valence-corrected chi connectivity index (χ2v) is 9.62. The molecule has 0 aliphatic carbocycles. The van der Waals surface area contributed by atoms with Crippen molar-refractivity contribution in [2.24, 2.45) is 0 Å². The van der Waals surface area contributed by atoms with Crippen LogP contribution in [0.3, 0.4) is 0 Å². The molecule has 2 aromatic heterocycles. The van der Waals surface area contributed by atoms with Gasteiger partial charge in [0.15, 0.2) is 0 Å². The summed E-state index contributed by atoms with van der Waals surface area (Å²) in [6, 6.07) is 18.2. The fraction of sp³-hybridized carbons (Fsp3) is 0.107. The van der Waals surface area contributed by atoms with Gasteiger partial charge in [-0.05, 0) is 54.4 Å². The van der Waals surface area contributed by atoms with Crippen molar-refractivity contribution in [3.63, 3.8) is 0 Å². The van der Waals surface area contributed by atoms with E-state index in [0.717, 1.165) is 22.3 Å². The molecule has 5 rings (SSSR count). The molecular formula is C28H22F2N4O4S. The predicted octanol–water partition coefficient (Wildman–Crippen LogP) is 5.20. The summed E-state index contributed by atoms with van der Waals surface area (Å²) in [4.78, 5) is 44.8. The zero-order chi connectivity index (χ0) is 27.7. The summed E-state index contributed by atoms with van der Waals surface area (Å²) in [5.74, 6) is -1.58. The highest BCUT2D eigenvalue weighted by molar-refractivity contribution is 7.22. The first-order chi connectivity index (χ1) is 18.8. The summed E-state index contributed by atoms with van der Waals surface area (Å²) in [6.45, 7) is 1.36. The van der Waals surface area contributed by atoms with Crippen LogP contribution in [-0.2, 0) is 11.4 Å². The molecule has 0 radical (unpaired) electrons. The Bertz CT molecular complexity index is 1790. The molecule has 0 saturated carbocycles. The van der Waals surface area contributed by atoms with Crippen LogP contribution in [-0.4, -0.2) is 22.3 Å². The van der Waals surface area contributed by atoms with Crippen LogP contribution in [0.25, 0.3) is 26.3 Å². The Balaban J connectivity index is 1.72. The monoisotopic (exact) mass is 548 g/mol. The minimum atomic E-state index is -0.790. The number of hydroxylamine groups is 1. The van der Waals surface area contributed by atoms with Crippen LogP contribution >= 0.6 is 11.3 Å². The van der Waals surface area contributed by atoms with Crippen LogP contribution in [0.5, 0.6) is 0 Å². The predicted molar refractivity (Wildman–Crippen MR) is 146 cm³/mol. The molecule has 11 heteroatoms. The lowest BCUT2D eigenvalue weighted by Gasteiger charge is -2.13. The topological polar surface area (TPSA) is 94.4 Å². The SMILES string of the molecule is CONC(=O)Nc1ccc(-c2sc3c(c2C)c(=O)n(-c2ccccc2)c(=O)n3Cc2c(F)cccc2F)cc1. The van der Waals surface area contributed by atoms with Gasteiger partial charge in [0.2, 0.25) is 0 Å². The standard InChI is InChI=1S/C28H22F2N4O4S/c1-16-23-25(35)34(19-7-4-3-5-8-19)28(37)33(15-20-21(29)9-6-10-22(20)30)26(23)39-24(16)17-11-13-18(14-12-17)31-27(36)32-38-2/h3-14H,15H2,1-2H3,(H2,31,32,36). The van der Waals surface area contributed by atoms with E-state index in [-0.39, 0.29) is 10.9 Å².